The number of aryl methyl sites for hydroxylation is 1. The Labute approximate surface area is 210 Å². The largest absolute Gasteiger partial charge is 0.434 e. The fourth-order valence-electron chi connectivity index (χ4n) is 4.07. The molecular formula is C27H24F4N4O2. The molecule has 2 aromatic heterocycles. The Bertz CT molecular complexity index is 1420. The van der Waals surface area contributed by atoms with Gasteiger partial charge in [-0.1, -0.05) is 25.1 Å². The van der Waals surface area contributed by atoms with Crippen molar-refractivity contribution in [2.45, 2.75) is 39.7 Å². The Kier molecular flexibility index (Phi) is 7.28. The molecule has 4 rings (SSSR count). The van der Waals surface area contributed by atoms with Crippen molar-refractivity contribution in [1.29, 1.82) is 0 Å². The maximum atomic E-state index is 13.7. The third-order valence-electron chi connectivity index (χ3n) is 5.74. The highest BCUT2D eigenvalue weighted by Gasteiger charge is 2.26. The summed E-state index contributed by atoms with van der Waals surface area (Å²) in [7, 11) is 0. The van der Waals surface area contributed by atoms with Crippen LogP contribution in [0.4, 0.5) is 23.2 Å². The van der Waals surface area contributed by atoms with Gasteiger partial charge in [0.25, 0.3) is 11.8 Å². The minimum absolute atomic E-state index is 0.0285. The topological polar surface area (TPSA) is 69.0 Å². The molecule has 37 heavy (non-hydrogen) atoms. The first-order chi connectivity index (χ1) is 17.6. The van der Waals surface area contributed by atoms with E-state index in [0.717, 1.165) is 6.92 Å². The van der Waals surface area contributed by atoms with Crippen molar-refractivity contribution < 1.29 is 27.1 Å². The SMILES string of the molecule is CCc1c(C(=O)Nc2cccc(C(C)(F)F)c2)c(C)nn1-c1ccc(OC(F)F)c(-c2cccnc2)c1. The van der Waals surface area contributed by atoms with E-state index in [-0.39, 0.29) is 17.0 Å². The molecule has 0 fully saturated rings. The molecule has 4 aromatic rings. The number of amides is 1. The Morgan fingerprint density at radius 3 is 2.57 bits per heavy atom. The van der Waals surface area contributed by atoms with Crippen LogP contribution in [-0.4, -0.2) is 27.3 Å². The Balaban J connectivity index is 1.74. The Hall–Kier alpha value is -4.21. The average Bonchev–Trinajstić information content (AvgIpc) is 3.20. The molecule has 10 heteroatoms. The predicted octanol–water partition coefficient (Wildman–Crippen LogP) is 6.77. The third-order valence-corrected chi connectivity index (χ3v) is 5.74. The quantitative estimate of drug-likeness (QED) is 0.265. The summed E-state index contributed by atoms with van der Waals surface area (Å²) in [6.07, 6.45) is 3.50. The predicted molar refractivity (Wildman–Crippen MR) is 132 cm³/mol. The van der Waals surface area contributed by atoms with E-state index >= 15 is 0 Å². The Morgan fingerprint density at radius 1 is 1.14 bits per heavy atom. The lowest BCUT2D eigenvalue weighted by atomic mass is 10.1. The van der Waals surface area contributed by atoms with Gasteiger partial charge in [0.15, 0.2) is 0 Å². The monoisotopic (exact) mass is 512 g/mol. The first kappa shape index (κ1) is 25.9. The highest BCUT2D eigenvalue weighted by molar-refractivity contribution is 6.06. The van der Waals surface area contributed by atoms with Gasteiger partial charge in [0.1, 0.15) is 5.75 Å². The average molecular weight is 513 g/mol. The van der Waals surface area contributed by atoms with Crippen molar-refractivity contribution in [3.05, 3.63) is 89.5 Å². The maximum absolute atomic E-state index is 13.7. The molecule has 0 atom stereocenters. The van der Waals surface area contributed by atoms with Gasteiger partial charge in [-0.3, -0.25) is 9.78 Å². The molecule has 0 aliphatic rings. The first-order valence-electron chi connectivity index (χ1n) is 11.5. The highest BCUT2D eigenvalue weighted by Crippen LogP contribution is 2.34. The molecule has 2 aromatic carbocycles. The number of carbonyl (C=O) groups is 1. The lowest BCUT2D eigenvalue weighted by molar-refractivity contribution is -0.0494. The van der Waals surface area contributed by atoms with E-state index in [0.29, 0.717) is 40.2 Å². The Morgan fingerprint density at radius 2 is 1.92 bits per heavy atom. The summed E-state index contributed by atoms with van der Waals surface area (Å²) in [6, 6.07) is 13.5. The number of halogens is 4. The van der Waals surface area contributed by atoms with Crippen LogP contribution in [0.3, 0.4) is 0 Å². The standard InChI is InChI=1S/C27H24F4N4O2/c1-4-22-24(25(36)33-19-9-5-8-18(13-19)27(3,30)31)16(2)34-35(22)20-10-11-23(37-26(28)29)21(14-20)17-7-6-12-32-15-17/h5-15,26H,4H2,1-3H3,(H,33,36). The van der Waals surface area contributed by atoms with Gasteiger partial charge in [-0.05, 0) is 49.7 Å². The van der Waals surface area contributed by atoms with Crippen molar-refractivity contribution in [2.75, 3.05) is 5.32 Å². The molecule has 0 bridgehead atoms. The number of aromatic nitrogens is 3. The first-order valence-corrected chi connectivity index (χ1v) is 11.5. The van der Waals surface area contributed by atoms with E-state index in [1.807, 2.05) is 6.92 Å². The summed E-state index contributed by atoms with van der Waals surface area (Å²) >= 11 is 0. The van der Waals surface area contributed by atoms with Gasteiger partial charge in [0.05, 0.1) is 22.6 Å². The van der Waals surface area contributed by atoms with Crippen LogP contribution in [0.15, 0.2) is 67.0 Å². The number of pyridine rings is 1. The van der Waals surface area contributed by atoms with E-state index < -0.39 is 18.4 Å². The van der Waals surface area contributed by atoms with Gasteiger partial charge < -0.3 is 10.1 Å². The molecule has 6 nitrogen and oxygen atoms in total. The molecule has 192 valence electrons. The minimum Gasteiger partial charge on any atom is -0.434 e. The van der Waals surface area contributed by atoms with Gasteiger partial charge in [0.2, 0.25) is 0 Å². The fourth-order valence-corrected chi connectivity index (χ4v) is 4.07. The normalized spacial score (nSPS) is 11.6. The zero-order valence-electron chi connectivity index (χ0n) is 20.3. The lowest BCUT2D eigenvalue weighted by Gasteiger charge is -2.14. The van der Waals surface area contributed by atoms with Crippen LogP contribution in [-0.2, 0) is 12.3 Å². The van der Waals surface area contributed by atoms with Gasteiger partial charge in [0, 0.05) is 41.7 Å². The smallest absolute Gasteiger partial charge is 0.387 e. The number of rotatable bonds is 8. The van der Waals surface area contributed by atoms with E-state index in [4.69, 9.17) is 4.74 Å². The zero-order chi connectivity index (χ0) is 26.7. The molecule has 0 saturated heterocycles. The van der Waals surface area contributed by atoms with E-state index in [9.17, 15) is 22.4 Å². The van der Waals surface area contributed by atoms with Crippen LogP contribution >= 0.6 is 0 Å². The summed E-state index contributed by atoms with van der Waals surface area (Å²) in [5.41, 5.74) is 2.75. The van der Waals surface area contributed by atoms with Crippen molar-refractivity contribution in [3.8, 4) is 22.6 Å². The zero-order valence-corrected chi connectivity index (χ0v) is 20.3. The van der Waals surface area contributed by atoms with Gasteiger partial charge >= 0.3 is 6.61 Å². The number of nitrogens with one attached hydrogen (secondary N) is 1. The number of carbonyl (C=O) groups excluding carboxylic acids is 1. The molecule has 1 amide bonds. The molecule has 0 saturated carbocycles. The number of benzene rings is 2. The summed E-state index contributed by atoms with van der Waals surface area (Å²) in [6.45, 7) is 1.28. The van der Waals surface area contributed by atoms with Crippen LogP contribution in [0, 0.1) is 6.92 Å². The maximum Gasteiger partial charge on any atom is 0.387 e. The van der Waals surface area contributed by atoms with Crippen molar-refractivity contribution in [3.63, 3.8) is 0 Å². The summed E-state index contributed by atoms with van der Waals surface area (Å²) < 4.78 is 59.8. The number of hydrogen-bond acceptors (Lipinski definition) is 4. The molecule has 0 unspecified atom stereocenters. The summed E-state index contributed by atoms with van der Waals surface area (Å²) in [4.78, 5) is 17.3. The van der Waals surface area contributed by atoms with Gasteiger partial charge in [-0.25, -0.2) is 13.5 Å². The molecular weight excluding hydrogens is 488 g/mol. The lowest BCUT2D eigenvalue weighted by Crippen LogP contribution is -2.16. The molecule has 0 aliphatic carbocycles. The number of ether oxygens (including phenoxy) is 1. The number of hydrogen-bond donors (Lipinski definition) is 1. The van der Waals surface area contributed by atoms with Crippen molar-refractivity contribution in [2.24, 2.45) is 0 Å². The van der Waals surface area contributed by atoms with Gasteiger partial charge in [-0.2, -0.15) is 13.9 Å². The second-order valence-electron chi connectivity index (χ2n) is 8.40. The number of anilines is 1. The van der Waals surface area contributed by atoms with Crippen LogP contribution < -0.4 is 10.1 Å². The second kappa shape index (κ2) is 10.4. The summed E-state index contributed by atoms with van der Waals surface area (Å²) in [5.74, 6) is -3.58. The van der Waals surface area contributed by atoms with Crippen LogP contribution in [0.5, 0.6) is 5.75 Å². The van der Waals surface area contributed by atoms with E-state index in [2.05, 4.69) is 15.4 Å². The highest BCUT2D eigenvalue weighted by atomic mass is 19.3. The van der Waals surface area contributed by atoms with Crippen LogP contribution in [0.25, 0.3) is 16.8 Å². The van der Waals surface area contributed by atoms with Crippen molar-refractivity contribution >= 4 is 11.6 Å². The third kappa shape index (κ3) is 5.63. The van der Waals surface area contributed by atoms with E-state index in [1.54, 1.807) is 42.1 Å². The summed E-state index contributed by atoms with van der Waals surface area (Å²) in [5, 5.41) is 7.21. The molecule has 0 radical (unpaired) electrons. The van der Waals surface area contributed by atoms with E-state index in [1.165, 1.54) is 36.5 Å². The molecule has 0 aliphatic heterocycles. The molecule has 1 N–H and O–H groups in total. The molecule has 0 spiro atoms. The van der Waals surface area contributed by atoms with Crippen LogP contribution in [0.1, 0.15) is 41.2 Å². The fraction of sp³-hybridized carbons (Fsp3) is 0.222. The van der Waals surface area contributed by atoms with Crippen LogP contribution in [0.2, 0.25) is 0 Å². The number of alkyl halides is 4. The van der Waals surface area contributed by atoms with Gasteiger partial charge in [-0.15, -0.1) is 0 Å². The second-order valence-corrected chi connectivity index (χ2v) is 8.40. The van der Waals surface area contributed by atoms with Crippen molar-refractivity contribution in [1.82, 2.24) is 14.8 Å². The molecule has 2 heterocycles. The number of nitrogens with zero attached hydrogens (tertiary/aromatic N) is 3. The minimum atomic E-state index is -3.05.